The summed E-state index contributed by atoms with van der Waals surface area (Å²) in [4.78, 5) is 31.9. The maximum atomic E-state index is 13.0. The minimum Gasteiger partial charge on any atom is -0.311 e. The molecule has 0 fully saturated rings. The summed E-state index contributed by atoms with van der Waals surface area (Å²) in [5.74, 6) is -0.157. The van der Waals surface area contributed by atoms with Gasteiger partial charge in [-0.05, 0) is 48.7 Å². The Morgan fingerprint density at radius 1 is 1.10 bits per heavy atom. The highest BCUT2D eigenvalue weighted by molar-refractivity contribution is 6.30. The number of carbonyl (C=O) groups excluding carboxylic acids is 1. The van der Waals surface area contributed by atoms with Gasteiger partial charge in [-0.2, -0.15) is 4.68 Å². The molecule has 0 N–H and O–H groups in total. The van der Waals surface area contributed by atoms with Gasteiger partial charge in [-0.25, -0.2) is 4.98 Å². The van der Waals surface area contributed by atoms with Crippen molar-refractivity contribution < 1.29 is 4.79 Å². The van der Waals surface area contributed by atoms with Crippen LogP contribution >= 0.6 is 11.6 Å². The van der Waals surface area contributed by atoms with Crippen LogP contribution in [0.1, 0.15) is 12.0 Å². The summed E-state index contributed by atoms with van der Waals surface area (Å²) < 4.78 is 2.75. The summed E-state index contributed by atoms with van der Waals surface area (Å²) in [6.07, 6.45) is 3.21. The number of halogens is 1. The Morgan fingerprint density at radius 2 is 1.90 bits per heavy atom. The number of para-hydroxylation sites is 1. The lowest BCUT2D eigenvalue weighted by Crippen LogP contribution is -2.39. The third-order valence-corrected chi connectivity index (χ3v) is 5.47. The van der Waals surface area contributed by atoms with Crippen molar-refractivity contribution in [3.05, 3.63) is 75.8 Å². The van der Waals surface area contributed by atoms with E-state index >= 15 is 0 Å². The molecule has 5 rings (SSSR count). The van der Waals surface area contributed by atoms with E-state index in [0.29, 0.717) is 22.9 Å². The molecule has 150 valence electrons. The normalized spacial score (nSPS) is 13.4. The Bertz CT molecular complexity index is 1310. The Kier molecular flexibility index (Phi) is 4.55. The quantitative estimate of drug-likeness (QED) is 0.508. The highest BCUT2D eigenvalue weighted by atomic mass is 35.5. The summed E-state index contributed by atoms with van der Waals surface area (Å²) in [5.41, 5.74) is 2.77. The number of amides is 1. The van der Waals surface area contributed by atoms with Crippen LogP contribution in [0.25, 0.3) is 16.9 Å². The van der Waals surface area contributed by atoms with Crippen molar-refractivity contribution in [1.82, 2.24) is 24.5 Å². The van der Waals surface area contributed by atoms with Gasteiger partial charge in [-0.15, -0.1) is 5.10 Å². The second-order valence-corrected chi connectivity index (χ2v) is 7.54. The van der Waals surface area contributed by atoms with Crippen LogP contribution in [0.15, 0.2) is 59.7 Å². The number of aromatic nitrogens is 5. The molecule has 0 aliphatic carbocycles. The molecule has 0 bridgehead atoms. The van der Waals surface area contributed by atoms with Gasteiger partial charge < -0.3 is 4.90 Å². The van der Waals surface area contributed by atoms with Crippen LogP contribution < -0.4 is 10.5 Å². The first-order valence-corrected chi connectivity index (χ1v) is 9.95. The molecule has 4 aromatic rings. The van der Waals surface area contributed by atoms with Gasteiger partial charge in [0.15, 0.2) is 11.2 Å². The van der Waals surface area contributed by atoms with Crippen molar-refractivity contribution in [3.63, 3.8) is 0 Å². The van der Waals surface area contributed by atoms with E-state index in [1.807, 2.05) is 24.3 Å². The number of aryl methyl sites for hydroxylation is 1. The van der Waals surface area contributed by atoms with Gasteiger partial charge in [-0.3, -0.25) is 14.2 Å². The maximum Gasteiger partial charge on any atom is 0.284 e. The molecule has 0 radical (unpaired) electrons. The number of fused-ring (bicyclic) bond motifs is 2. The fourth-order valence-electron chi connectivity index (χ4n) is 3.74. The van der Waals surface area contributed by atoms with Gasteiger partial charge in [0.05, 0.1) is 5.69 Å². The summed E-state index contributed by atoms with van der Waals surface area (Å²) in [5, 5.41) is 8.63. The fraction of sp³-hybridized carbons (Fsp3) is 0.190. The summed E-state index contributed by atoms with van der Waals surface area (Å²) in [6, 6.07) is 14.8. The Morgan fingerprint density at radius 3 is 2.73 bits per heavy atom. The molecule has 1 aliphatic rings. The molecule has 2 aromatic heterocycles. The van der Waals surface area contributed by atoms with Gasteiger partial charge in [-0.1, -0.05) is 35.0 Å². The molecule has 0 saturated carbocycles. The molecular formula is C21H17ClN6O2. The van der Waals surface area contributed by atoms with E-state index in [1.54, 1.807) is 29.2 Å². The number of rotatable bonds is 3. The first-order chi connectivity index (χ1) is 14.6. The molecule has 3 heterocycles. The van der Waals surface area contributed by atoms with Crippen molar-refractivity contribution in [2.45, 2.75) is 19.4 Å². The van der Waals surface area contributed by atoms with Crippen LogP contribution in [0.2, 0.25) is 5.02 Å². The number of hydrogen-bond acceptors (Lipinski definition) is 5. The molecule has 1 aliphatic heterocycles. The smallest absolute Gasteiger partial charge is 0.284 e. The third-order valence-electron chi connectivity index (χ3n) is 5.22. The molecule has 0 unspecified atom stereocenters. The Balaban J connectivity index is 1.46. The van der Waals surface area contributed by atoms with E-state index in [9.17, 15) is 9.59 Å². The zero-order chi connectivity index (χ0) is 20.7. The zero-order valence-electron chi connectivity index (χ0n) is 15.9. The first kappa shape index (κ1) is 18.5. The average Bonchev–Trinajstić information content (AvgIpc) is 3.20. The van der Waals surface area contributed by atoms with Crippen LogP contribution in [-0.2, 0) is 17.8 Å². The van der Waals surface area contributed by atoms with Gasteiger partial charge >= 0.3 is 0 Å². The molecule has 30 heavy (non-hydrogen) atoms. The van der Waals surface area contributed by atoms with Gasteiger partial charge in [0, 0.05) is 17.3 Å². The van der Waals surface area contributed by atoms with Crippen LogP contribution in [0.3, 0.4) is 0 Å². The van der Waals surface area contributed by atoms with Crippen LogP contribution in [0.4, 0.5) is 5.69 Å². The van der Waals surface area contributed by atoms with Crippen LogP contribution in [0.5, 0.6) is 0 Å². The molecule has 1 amide bonds. The molecule has 0 atom stereocenters. The van der Waals surface area contributed by atoms with E-state index in [0.717, 1.165) is 24.1 Å². The van der Waals surface area contributed by atoms with Crippen molar-refractivity contribution in [3.8, 4) is 5.69 Å². The van der Waals surface area contributed by atoms with Crippen molar-refractivity contribution >= 4 is 34.4 Å². The average molecular weight is 421 g/mol. The largest absolute Gasteiger partial charge is 0.311 e. The van der Waals surface area contributed by atoms with Crippen molar-refractivity contribution in [2.24, 2.45) is 0 Å². The van der Waals surface area contributed by atoms with Crippen molar-refractivity contribution in [1.29, 1.82) is 0 Å². The molecular weight excluding hydrogens is 404 g/mol. The van der Waals surface area contributed by atoms with E-state index in [-0.39, 0.29) is 18.0 Å². The van der Waals surface area contributed by atoms with Gasteiger partial charge in [0.25, 0.3) is 5.56 Å². The second kappa shape index (κ2) is 7.38. The predicted octanol–water partition coefficient (Wildman–Crippen LogP) is 2.61. The van der Waals surface area contributed by atoms with E-state index < -0.39 is 5.56 Å². The van der Waals surface area contributed by atoms with E-state index in [4.69, 9.17) is 11.6 Å². The van der Waals surface area contributed by atoms with Crippen molar-refractivity contribution in [2.75, 3.05) is 11.4 Å². The number of hydrogen-bond donors (Lipinski definition) is 0. The van der Waals surface area contributed by atoms with Crippen LogP contribution in [0, 0.1) is 0 Å². The van der Waals surface area contributed by atoms with E-state index in [1.165, 1.54) is 15.6 Å². The van der Waals surface area contributed by atoms with Crippen LogP contribution in [-0.4, -0.2) is 37.0 Å². The minimum absolute atomic E-state index is 0.107. The standard InChI is InChI=1S/C21H17ClN6O2/c22-15-7-9-16(10-8-15)28-20-19(24-25-28)21(30)26(13-23-20)12-18(29)27-11-3-5-14-4-1-2-6-17(14)27/h1-2,4,6-10,13H,3,5,11-12H2. The van der Waals surface area contributed by atoms with Gasteiger partial charge in [0.2, 0.25) is 5.91 Å². The monoisotopic (exact) mass is 420 g/mol. The Labute approximate surface area is 176 Å². The van der Waals surface area contributed by atoms with E-state index in [2.05, 4.69) is 15.3 Å². The lowest BCUT2D eigenvalue weighted by molar-refractivity contribution is -0.119. The predicted molar refractivity (Wildman–Crippen MR) is 113 cm³/mol. The zero-order valence-corrected chi connectivity index (χ0v) is 16.7. The number of nitrogens with zero attached hydrogens (tertiary/aromatic N) is 6. The number of benzene rings is 2. The first-order valence-electron chi connectivity index (χ1n) is 9.57. The topological polar surface area (TPSA) is 85.9 Å². The summed E-state index contributed by atoms with van der Waals surface area (Å²) in [7, 11) is 0. The molecule has 2 aromatic carbocycles. The molecule has 0 spiro atoms. The SMILES string of the molecule is O=C(Cn1cnc2c(nnn2-c2ccc(Cl)cc2)c1=O)N1CCCc2ccccc21. The highest BCUT2D eigenvalue weighted by Crippen LogP contribution is 2.26. The summed E-state index contributed by atoms with van der Waals surface area (Å²) in [6.45, 7) is 0.525. The minimum atomic E-state index is -0.404. The lowest BCUT2D eigenvalue weighted by atomic mass is 10.0. The number of anilines is 1. The summed E-state index contributed by atoms with van der Waals surface area (Å²) >= 11 is 5.93. The fourth-order valence-corrected chi connectivity index (χ4v) is 3.86. The molecule has 0 saturated heterocycles. The number of carbonyl (C=O) groups is 1. The molecule has 9 heteroatoms. The Hall–Kier alpha value is -3.52. The lowest BCUT2D eigenvalue weighted by Gasteiger charge is -2.29. The molecule has 8 nitrogen and oxygen atoms in total. The maximum absolute atomic E-state index is 13.0. The second-order valence-electron chi connectivity index (χ2n) is 7.11. The third kappa shape index (κ3) is 3.15. The highest BCUT2D eigenvalue weighted by Gasteiger charge is 2.23. The van der Waals surface area contributed by atoms with Gasteiger partial charge in [0.1, 0.15) is 12.9 Å².